The van der Waals surface area contributed by atoms with Crippen LogP contribution in [0.25, 0.3) is 11.0 Å². The smallest absolute Gasteiger partial charge is 0.326 e. The van der Waals surface area contributed by atoms with Gasteiger partial charge in [-0.1, -0.05) is 18.2 Å². The number of sulfone groups is 1. The minimum absolute atomic E-state index is 0.0882. The van der Waals surface area contributed by atoms with Gasteiger partial charge in [0.1, 0.15) is 11.6 Å². The van der Waals surface area contributed by atoms with Gasteiger partial charge in [0.05, 0.1) is 5.75 Å². The average Bonchev–Trinajstić information content (AvgIpc) is 3.11. The molecular formula is C16H17NO6S. The highest BCUT2D eigenvalue weighted by atomic mass is 32.2. The highest BCUT2D eigenvalue weighted by Gasteiger charge is 2.37. The molecule has 1 aliphatic rings. The molecule has 1 aromatic carbocycles. The quantitative estimate of drug-likeness (QED) is 0.898. The summed E-state index contributed by atoms with van der Waals surface area (Å²) in [5.41, 5.74) is 0.694. The van der Waals surface area contributed by atoms with Crippen molar-refractivity contribution < 1.29 is 27.5 Å². The molecule has 128 valence electrons. The second kappa shape index (κ2) is 5.94. The Kier molecular flexibility index (Phi) is 4.08. The van der Waals surface area contributed by atoms with Crippen LogP contribution >= 0.6 is 0 Å². The van der Waals surface area contributed by atoms with Gasteiger partial charge >= 0.3 is 5.97 Å². The van der Waals surface area contributed by atoms with E-state index in [4.69, 9.17) is 4.42 Å². The van der Waals surface area contributed by atoms with Crippen molar-refractivity contribution in [1.29, 1.82) is 0 Å². The largest absolute Gasteiger partial charge is 0.480 e. The zero-order chi connectivity index (χ0) is 17.5. The molecule has 2 aromatic rings. The molecule has 2 heterocycles. The van der Waals surface area contributed by atoms with E-state index in [0.29, 0.717) is 30.4 Å². The van der Waals surface area contributed by atoms with Crippen LogP contribution in [-0.4, -0.2) is 49.1 Å². The molecule has 0 saturated carbocycles. The molecule has 1 unspecified atom stereocenters. The number of likely N-dealkylation sites (tertiary alicyclic amines) is 1. The van der Waals surface area contributed by atoms with Crippen LogP contribution < -0.4 is 0 Å². The van der Waals surface area contributed by atoms with E-state index in [-0.39, 0.29) is 17.1 Å². The van der Waals surface area contributed by atoms with E-state index in [1.165, 1.54) is 4.90 Å². The van der Waals surface area contributed by atoms with Gasteiger partial charge in [-0.2, -0.15) is 0 Å². The molecule has 1 aliphatic heterocycles. The Morgan fingerprint density at radius 3 is 2.71 bits per heavy atom. The highest BCUT2D eigenvalue weighted by molar-refractivity contribution is 7.89. The molecule has 1 saturated heterocycles. The monoisotopic (exact) mass is 351 g/mol. The molecule has 8 heteroatoms. The van der Waals surface area contributed by atoms with Crippen molar-refractivity contribution >= 4 is 32.7 Å². The standard InChI is InChI=1S/C16H17NO6S/c1-24(21,22)9-11-10-5-2-3-7-13(10)23-14(11)15(18)17-8-4-6-12(17)16(19)20/h2-3,5,7,12H,4,6,8-9H2,1H3,(H,19,20). The molecule has 1 amide bonds. The average molecular weight is 351 g/mol. The fraction of sp³-hybridized carbons (Fsp3) is 0.375. The van der Waals surface area contributed by atoms with Gasteiger partial charge in [0.15, 0.2) is 15.6 Å². The van der Waals surface area contributed by atoms with Gasteiger partial charge < -0.3 is 14.4 Å². The van der Waals surface area contributed by atoms with Gasteiger partial charge in [-0.15, -0.1) is 0 Å². The molecule has 1 aromatic heterocycles. The first-order chi connectivity index (χ1) is 11.3. The summed E-state index contributed by atoms with van der Waals surface area (Å²) in [5.74, 6) is -2.07. The Hall–Kier alpha value is -2.35. The number of aliphatic carboxylic acids is 1. The number of benzene rings is 1. The topological polar surface area (TPSA) is 105 Å². The molecule has 1 N–H and O–H groups in total. The van der Waals surface area contributed by atoms with Crippen LogP contribution in [0.3, 0.4) is 0 Å². The maximum atomic E-state index is 12.8. The van der Waals surface area contributed by atoms with Crippen molar-refractivity contribution in [2.24, 2.45) is 0 Å². The number of nitrogens with zero attached hydrogens (tertiary/aromatic N) is 1. The van der Waals surface area contributed by atoms with E-state index in [0.717, 1.165) is 6.26 Å². The van der Waals surface area contributed by atoms with Gasteiger partial charge in [0.2, 0.25) is 0 Å². The number of hydrogen-bond acceptors (Lipinski definition) is 5. The SMILES string of the molecule is CS(=O)(=O)Cc1c(C(=O)N2CCCC2C(=O)O)oc2ccccc12. The molecule has 7 nitrogen and oxygen atoms in total. The van der Waals surface area contributed by atoms with E-state index >= 15 is 0 Å². The molecule has 0 aliphatic carbocycles. The van der Waals surface area contributed by atoms with Crippen molar-refractivity contribution in [3.63, 3.8) is 0 Å². The zero-order valence-corrected chi connectivity index (χ0v) is 13.9. The lowest BCUT2D eigenvalue weighted by Crippen LogP contribution is -2.40. The second-order valence-corrected chi connectivity index (χ2v) is 8.11. The summed E-state index contributed by atoms with van der Waals surface area (Å²) < 4.78 is 29.1. The van der Waals surface area contributed by atoms with E-state index in [9.17, 15) is 23.1 Å². The maximum Gasteiger partial charge on any atom is 0.326 e. The Morgan fingerprint density at radius 1 is 1.33 bits per heavy atom. The van der Waals surface area contributed by atoms with Gasteiger partial charge in [0.25, 0.3) is 5.91 Å². The first-order valence-corrected chi connectivity index (χ1v) is 9.56. The number of hydrogen-bond donors (Lipinski definition) is 1. The minimum atomic E-state index is -3.40. The fourth-order valence-corrected chi connectivity index (χ4v) is 3.88. The number of amides is 1. The Labute approximate surface area is 138 Å². The number of rotatable bonds is 4. The zero-order valence-electron chi connectivity index (χ0n) is 13.1. The summed E-state index contributed by atoms with van der Waals surface area (Å²) in [7, 11) is -3.40. The van der Waals surface area contributed by atoms with Gasteiger partial charge in [-0.05, 0) is 18.9 Å². The summed E-state index contributed by atoms with van der Waals surface area (Å²) >= 11 is 0. The van der Waals surface area contributed by atoms with Crippen LogP contribution in [-0.2, 0) is 20.4 Å². The Morgan fingerprint density at radius 2 is 2.04 bits per heavy atom. The number of fused-ring (bicyclic) bond motifs is 1. The van der Waals surface area contributed by atoms with Gasteiger partial charge in [-0.25, -0.2) is 13.2 Å². The first kappa shape index (κ1) is 16.5. The van der Waals surface area contributed by atoms with Crippen molar-refractivity contribution in [2.75, 3.05) is 12.8 Å². The van der Waals surface area contributed by atoms with Crippen LogP contribution in [0.15, 0.2) is 28.7 Å². The summed E-state index contributed by atoms with van der Waals surface area (Å²) in [4.78, 5) is 25.4. The van der Waals surface area contributed by atoms with Crippen LogP contribution in [0.5, 0.6) is 0 Å². The van der Waals surface area contributed by atoms with Crippen molar-refractivity contribution in [2.45, 2.75) is 24.6 Å². The van der Waals surface area contributed by atoms with Crippen molar-refractivity contribution in [1.82, 2.24) is 4.90 Å². The second-order valence-electron chi connectivity index (χ2n) is 5.97. The number of carbonyl (C=O) groups excluding carboxylic acids is 1. The molecule has 0 spiro atoms. The van der Waals surface area contributed by atoms with E-state index in [1.54, 1.807) is 24.3 Å². The Balaban J connectivity index is 2.09. The number of carboxylic acids is 1. The number of para-hydroxylation sites is 1. The number of carboxylic acid groups (broad SMARTS) is 1. The lowest BCUT2D eigenvalue weighted by Gasteiger charge is -2.20. The molecule has 0 bridgehead atoms. The summed E-state index contributed by atoms with van der Waals surface area (Å²) in [6.07, 6.45) is 2.05. The molecule has 1 fully saturated rings. The van der Waals surface area contributed by atoms with Gasteiger partial charge in [-0.3, -0.25) is 4.79 Å². The summed E-state index contributed by atoms with van der Waals surface area (Å²) in [6.45, 7) is 0.311. The predicted octanol–water partition coefficient (Wildman–Crippen LogP) is 1.67. The third kappa shape index (κ3) is 3.01. The normalized spacial score (nSPS) is 18.2. The molecule has 0 radical (unpaired) electrons. The summed E-state index contributed by atoms with van der Waals surface area (Å²) in [6, 6.07) is 5.89. The molecular weight excluding hydrogens is 334 g/mol. The van der Waals surface area contributed by atoms with Gasteiger partial charge in [0, 0.05) is 23.8 Å². The fourth-order valence-electron chi connectivity index (χ4n) is 3.07. The van der Waals surface area contributed by atoms with Crippen molar-refractivity contribution in [3.05, 3.63) is 35.6 Å². The molecule has 3 rings (SSSR count). The van der Waals surface area contributed by atoms with Crippen LogP contribution in [0.4, 0.5) is 0 Å². The van der Waals surface area contributed by atoms with E-state index < -0.39 is 27.8 Å². The van der Waals surface area contributed by atoms with E-state index in [2.05, 4.69) is 0 Å². The minimum Gasteiger partial charge on any atom is -0.480 e. The van der Waals surface area contributed by atoms with Crippen LogP contribution in [0.1, 0.15) is 29.0 Å². The van der Waals surface area contributed by atoms with Crippen LogP contribution in [0, 0.1) is 0 Å². The lowest BCUT2D eigenvalue weighted by atomic mass is 10.1. The lowest BCUT2D eigenvalue weighted by molar-refractivity contribution is -0.141. The third-order valence-corrected chi connectivity index (χ3v) is 4.91. The van der Waals surface area contributed by atoms with Crippen molar-refractivity contribution in [3.8, 4) is 0 Å². The number of carbonyl (C=O) groups is 2. The maximum absolute atomic E-state index is 12.8. The molecule has 1 atom stereocenters. The predicted molar refractivity (Wildman–Crippen MR) is 86.5 cm³/mol. The van der Waals surface area contributed by atoms with Crippen LogP contribution in [0.2, 0.25) is 0 Å². The Bertz CT molecular complexity index is 914. The summed E-state index contributed by atoms with van der Waals surface area (Å²) in [5, 5.41) is 9.81. The first-order valence-electron chi connectivity index (χ1n) is 7.50. The third-order valence-electron chi connectivity index (χ3n) is 4.10. The molecule has 24 heavy (non-hydrogen) atoms. The number of furan rings is 1. The van der Waals surface area contributed by atoms with E-state index in [1.807, 2.05) is 0 Å². The highest BCUT2D eigenvalue weighted by Crippen LogP contribution is 2.30.